The normalized spacial score (nSPS) is 13.7. The molecule has 0 saturated heterocycles. The molecule has 0 aromatic carbocycles. The highest BCUT2D eigenvalue weighted by atomic mass is 32.1. The van der Waals surface area contributed by atoms with Gasteiger partial charge >= 0.3 is 0 Å². The van der Waals surface area contributed by atoms with Crippen LogP contribution < -0.4 is 10.6 Å². The maximum Gasteiger partial charge on any atom is 0.237 e. The van der Waals surface area contributed by atoms with E-state index in [1.54, 1.807) is 6.20 Å². The molecule has 0 bridgehead atoms. The second-order valence-electron chi connectivity index (χ2n) is 6.68. The van der Waals surface area contributed by atoms with Crippen molar-refractivity contribution in [2.24, 2.45) is 0 Å². The Bertz CT molecular complexity index is 737. The van der Waals surface area contributed by atoms with Crippen LogP contribution in [-0.4, -0.2) is 57.8 Å². The van der Waals surface area contributed by atoms with E-state index in [1.165, 1.54) is 11.3 Å². The van der Waals surface area contributed by atoms with E-state index < -0.39 is 0 Å². The molecule has 0 radical (unpaired) electrons. The first kappa shape index (κ1) is 21.4. The number of amides is 2. The van der Waals surface area contributed by atoms with E-state index in [0.29, 0.717) is 19.4 Å². The zero-order valence-electron chi connectivity index (χ0n) is 16.7. The summed E-state index contributed by atoms with van der Waals surface area (Å²) in [6.07, 6.45) is 5.43. The van der Waals surface area contributed by atoms with Gasteiger partial charge in [0.05, 0.1) is 12.5 Å². The number of carbonyl (C=O) groups excluding carboxylic acids is 2. The highest BCUT2D eigenvalue weighted by molar-refractivity contribution is 7.15. The van der Waals surface area contributed by atoms with Crippen LogP contribution in [0.2, 0.25) is 0 Å². The van der Waals surface area contributed by atoms with Crippen LogP contribution in [0.5, 0.6) is 0 Å². The fourth-order valence-corrected chi connectivity index (χ4v) is 4.12. The standard InChI is InChI=1S/C19H31N5O2S/c1-5-16(23(6-2)7-3)18(26)20-9-8-14(4)22-17(25)12-15-13-27-19-21-10-11-24(15)19/h10-11,13-14,16H,5-9,12H2,1-4H3,(H,20,26)(H,22,25)/t14-,16?/m0/s1. The van der Waals surface area contributed by atoms with E-state index in [1.807, 2.05) is 29.8 Å². The van der Waals surface area contributed by atoms with Gasteiger partial charge in [0.2, 0.25) is 11.8 Å². The summed E-state index contributed by atoms with van der Waals surface area (Å²) in [7, 11) is 0. The Kier molecular flexibility index (Phi) is 8.24. The Morgan fingerprint density at radius 3 is 2.70 bits per heavy atom. The average molecular weight is 394 g/mol. The van der Waals surface area contributed by atoms with Crippen LogP contribution in [-0.2, 0) is 16.0 Å². The molecular weight excluding hydrogens is 362 g/mol. The predicted octanol–water partition coefficient (Wildman–Crippen LogP) is 2.07. The van der Waals surface area contributed by atoms with Gasteiger partial charge in [0.1, 0.15) is 0 Å². The number of hydrogen-bond acceptors (Lipinski definition) is 5. The van der Waals surface area contributed by atoms with Crippen LogP contribution in [0.1, 0.15) is 46.2 Å². The van der Waals surface area contributed by atoms with Crippen molar-refractivity contribution in [2.75, 3.05) is 19.6 Å². The zero-order chi connectivity index (χ0) is 19.8. The van der Waals surface area contributed by atoms with E-state index in [-0.39, 0.29) is 23.9 Å². The van der Waals surface area contributed by atoms with E-state index in [0.717, 1.165) is 30.2 Å². The lowest BCUT2D eigenvalue weighted by atomic mass is 10.1. The fraction of sp³-hybridized carbons (Fsp3) is 0.632. The number of aromatic nitrogens is 2. The topological polar surface area (TPSA) is 78.7 Å². The Morgan fingerprint density at radius 2 is 2.04 bits per heavy atom. The first-order chi connectivity index (χ1) is 13.0. The van der Waals surface area contributed by atoms with Crippen molar-refractivity contribution >= 4 is 28.1 Å². The number of nitrogens with zero attached hydrogens (tertiary/aromatic N) is 3. The number of likely N-dealkylation sites (N-methyl/N-ethyl adjacent to an activating group) is 1. The molecule has 2 atom stereocenters. The smallest absolute Gasteiger partial charge is 0.237 e. The molecule has 7 nitrogen and oxygen atoms in total. The third kappa shape index (κ3) is 5.77. The van der Waals surface area contributed by atoms with E-state index >= 15 is 0 Å². The number of fused-ring (bicyclic) bond motifs is 1. The summed E-state index contributed by atoms with van der Waals surface area (Å²) in [5.41, 5.74) is 0.940. The van der Waals surface area contributed by atoms with Gasteiger partial charge in [-0.2, -0.15) is 0 Å². The van der Waals surface area contributed by atoms with E-state index in [2.05, 4.69) is 34.4 Å². The third-order valence-electron chi connectivity index (χ3n) is 4.78. The van der Waals surface area contributed by atoms with Gasteiger partial charge in [-0.05, 0) is 32.9 Å². The summed E-state index contributed by atoms with van der Waals surface area (Å²) < 4.78 is 1.94. The molecule has 0 aliphatic heterocycles. The minimum absolute atomic E-state index is 0.00300. The summed E-state index contributed by atoms with van der Waals surface area (Å²) >= 11 is 1.53. The molecule has 150 valence electrons. The van der Waals surface area contributed by atoms with Crippen LogP contribution in [0.4, 0.5) is 0 Å². The third-order valence-corrected chi connectivity index (χ3v) is 5.69. The molecule has 2 aromatic heterocycles. The van der Waals surface area contributed by atoms with Gasteiger partial charge in [-0.25, -0.2) is 4.98 Å². The first-order valence-electron chi connectivity index (χ1n) is 9.70. The second kappa shape index (κ2) is 10.4. The Balaban J connectivity index is 1.73. The highest BCUT2D eigenvalue weighted by Crippen LogP contribution is 2.14. The monoisotopic (exact) mass is 393 g/mol. The molecule has 1 unspecified atom stereocenters. The molecule has 8 heteroatoms. The van der Waals surface area contributed by atoms with Crippen molar-refractivity contribution in [3.63, 3.8) is 0 Å². The molecule has 2 rings (SSSR count). The summed E-state index contributed by atoms with van der Waals surface area (Å²) in [5, 5.41) is 7.98. The van der Waals surface area contributed by atoms with Gasteiger partial charge in [-0.1, -0.05) is 20.8 Å². The summed E-state index contributed by atoms with van der Waals surface area (Å²) in [6.45, 7) is 10.4. The van der Waals surface area contributed by atoms with Gasteiger partial charge in [-0.3, -0.25) is 18.9 Å². The number of rotatable bonds is 11. The molecule has 2 aromatic rings. The van der Waals surface area contributed by atoms with Crippen LogP contribution in [0.25, 0.3) is 4.96 Å². The average Bonchev–Trinajstić information content (AvgIpc) is 3.24. The zero-order valence-corrected chi connectivity index (χ0v) is 17.5. The van der Waals surface area contributed by atoms with Crippen molar-refractivity contribution < 1.29 is 9.59 Å². The fourth-order valence-electron chi connectivity index (χ4n) is 3.27. The van der Waals surface area contributed by atoms with Crippen LogP contribution in [0.15, 0.2) is 17.8 Å². The maximum absolute atomic E-state index is 12.4. The molecule has 0 aliphatic carbocycles. The lowest BCUT2D eigenvalue weighted by Crippen LogP contribution is -2.47. The Labute approximate surface area is 165 Å². The lowest BCUT2D eigenvalue weighted by molar-refractivity contribution is -0.126. The van der Waals surface area contributed by atoms with Crippen molar-refractivity contribution in [1.29, 1.82) is 0 Å². The number of imidazole rings is 1. The molecule has 2 heterocycles. The molecular formula is C19H31N5O2S. The van der Waals surface area contributed by atoms with Gasteiger partial charge in [0.25, 0.3) is 0 Å². The van der Waals surface area contributed by atoms with Gasteiger partial charge < -0.3 is 10.6 Å². The molecule has 27 heavy (non-hydrogen) atoms. The van der Waals surface area contributed by atoms with Gasteiger partial charge in [0.15, 0.2) is 4.96 Å². The number of thiazole rings is 1. The first-order valence-corrected chi connectivity index (χ1v) is 10.6. The van der Waals surface area contributed by atoms with Crippen molar-refractivity contribution in [3.8, 4) is 0 Å². The molecule has 0 spiro atoms. The molecule has 2 N–H and O–H groups in total. The lowest BCUT2D eigenvalue weighted by Gasteiger charge is -2.27. The Hall–Kier alpha value is -1.93. The van der Waals surface area contributed by atoms with Crippen LogP contribution in [0.3, 0.4) is 0 Å². The van der Waals surface area contributed by atoms with Gasteiger partial charge in [0, 0.05) is 36.1 Å². The predicted molar refractivity (Wildman–Crippen MR) is 109 cm³/mol. The number of nitrogens with one attached hydrogen (secondary N) is 2. The Morgan fingerprint density at radius 1 is 1.30 bits per heavy atom. The number of hydrogen-bond donors (Lipinski definition) is 2. The molecule has 0 fully saturated rings. The summed E-state index contributed by atoms with van der Waals surface area (Å²) in [6, 6.07) is -0.0793. The quantitative estimate of drug-likeness (QED) is 0.613. The second-order valence-corrected chi connectivity index (χ2v) is 7.51. The minimum atomic E-state index is -0.0823. The number of carbonyl (C=O) groups is 2. The largest absolute Gasteiger partial charge is 0.355 e. The molecule has 0 saturated carbocycles. The van der Waals surface area contributed by atoms with Crippen LogP contribution in [0, 0.1) is 0 Å². The van der Waals surface area contributed by atoms with Crippen molar-refractivity contribution in [1.82, 2.24) is 24.9 Å². The van der Waals surface area contributed by atoms with Crippen LogP contribution >= 0.6 is 11.3 Å². The summed E-state index contributed by atoms with van der Waals surface area (Å²) in [5.74, 6) is 0.0531. The SMILES string of the molecule is CCC(C(=O)NCC[C@H](C)NC(=O)Cc1csc2nccn12)N(CC)CC. The van der Waals surface area contributed by atoms with E-state index in [9.17, 15) is 9.59 Å². The minimum Gasteiger partial charge on any atom is -0.355 e. The molecule has 0 aliphatic rings. The maximum atomic E-state index is 12.4. The molecule has 2 amide bonds. The summed E-state index contributed by atoms with van der Waals surface area (Å²) in [4.78, 5) is 31.9. The highest BCUT2D eigenvalue weighted by Gasteiger charge is 2.21. The van der Waals surface area contributed by atoms with E-state index in [4.69, 9.17) is 0 Å². The van der Waals surface area contributed by atoms with Gasteiger partial charge in [-0.15, -0.1) is 11.3 Å². The van der Waals surface area contributed by atoms with Crippen molar-refractivity contribution in [2.45, 2.75) is 59.0 Å². The van der Waals surface area contributed by atoms with Crippen molar-refractivity contribution in [3.05, 3.63) is 23.5 Å².